The lowest BCUT2D eigenvalue weighted by Crippen LogP contribution is -2.05. The fourth-order valence-electron chi connectivity index (χ4n) is 1.33. The molecule has 0 heterocycles. The number of carbonyl (C=O) groups is 1. The summed E-state index contributed by atoms with van der Waals surface area (Å²) in [5.74, 6) is 0. The lowest BCUT2D eigenvalue weighted by Gasteiger charge is -2.13. The van der Waals surface area contributed by atoms with Crippen LogP contribution in [0.4, 0.5) is 5.69 Å². The van der Waals surface area contributed by atoms with Gasteiger partial charge in [-0.3, -0.25) is 14.9 Å². The predicted octanol–water partition coefficient (Wildman–Crippen LogP) is 1.70. The Bertz CT molecular complexity index is 400. The molecule has 0 bridgehead atoms. The molecule has 0 saturated heterocycles. The number of hydrogen-bond donors (Lipinski definition) is 0. The van der Waals surface area contributed by atoms with Crippen LogP contribution in [0, 0.1) is 10.1 Å². The van der Waals surface area contributed by atoms with E-state index < -0.39 is 11.2 Å². The molecule has 1 aromatic carbocycles. The van der Waals surface area contributed by atoms with Crippen molar-refractivity contribution in [3.63, 3.8) is 0 Å². The second-order valence-corrected chi connectivity index (χ2v) is 3.00. The van der Waals surface area contributed by atoms with Gasteiger partial charge in [0.1, 0.15) is 0 Å². The maximum atomic E-state index is 10.7. The zero-order valence-electron chi connectivity index (χ0n) is 8.88. The zero-order valence-corrected chi connectivity index (χ0v) is 8.88. The van der Waals surface area contributed by atoms with Crippen molar-refractivity contribution < 1.29 is 19.2 Å². The van der Waals surface area contributed by atoms with Crippen molar-refractivity contribution in [1.82, 2.24) is 0 Å². The molecule has 0 N–H and O–H groups in total. The van der Waals surface area contributed by atoms with E-state index >= 15 is 0 Å². The van der Waals surface area contributed by atoms with E-state index in [9.17, 15) is 14.9 Å². The first-order valence-corrected chi connectivity index (χ1v) is 4.43. The Morgan fingerprint density at radius 2 is 2.00 bits per heavy atom. The van der Waals surface area contributed by atoms with Gasteiger partial charge in [0.15, 0.2) is 12.6 Å². The largest absolute Gasteiger partial charge is 0.352 e. The van der Waals surface area contributed by atoms with Crippen LogP contribution in [0.5, 0.6) is 0 Å². The summed E-state index contributed by atoms with van der Waals surface area (Å²) in [4.78, 5) is 20.7. The second kappa shape index (κ2) is 5.34. The molecule has 0 fully saturated rings. The highest BCUT2D eigenvalue weighted by Crippen LogP contribution is 2.24. The van der Waals surface area contributed by atoms with Gasteiger partial charge < -0.3 is 9.47 Å². The summed E-state index contributed by atoms with van der Waals surface area (Å²) >= 11 is 0. The average Bonchev–Trinajstić information content (AvgIpc) is 2.30. The van der Waals surface area contributed by atoms with Crippen molar-refractivity contribution in [2.75, 3.05) is 14.2 Å². The van der Waals surface area contributed by atoms with E-state index in [1.165, 1.54) is 26.4 Å². The van der Waals surface area contributed by atoms with E-state index in [1.54, 1.807) is 6.07 Å². The Morgan fingerprint density at radius 1 is 1.38 bits per heavy atom. The van der Waals surface area contributed by atoms with Crippen molar-refractivity contribution in [2.24, 2.45) is 0 Å². The Labute approximate surface area is 91.9 Å². The molecule has 0 aliphatic heterocycles. The highest BCUT2D eigenvalue weighted by Gasteiger charge is 2.18. The molecule has 0 radical (unpaired) electrons. The third kappa shape index (κ3) is 2.41. The van der Waals surface area contributed by atoms with Gasteiger partial charge in [-0.1, -0.05) is 6.07 Å². The number of rotatable bonds is 5. The second-order valence-electron chi connectivity index (χ2n) is 3.00. The number of nitro benzene ring substituents is 1. The molecule has 86 valence electrons. The number of nitro groups is 1. The average molecular weight is 225 g/mol. The summed E-state index contributed by atoms with van der Waals surface area (Å²) < 4.78 is 9.92. The first-order chi connectivity index (χ1) is 7.63. The Kier molecular flexibility index (Phi) is 4.10. The lowest BCUT2D eigenvalue weighted by molar-refractivity contribution is -0.385. The van der Waals surface area contributed by atoms with Crippen LogP contribution in [-0.4, -0.2) is 25.4 Å². The molecule has 0 atom stereocenters. The standard InChI is InChI=1S/C10H11NO5/c1-15-10(16-2)7-3-4-8(6-12)9(5-7)11(13)14/h3-6,10H,1-2H3. The van der Waals surface area contributed by atoms with E-state index in [-0.39, 0.29) is 11.3 Å². The highest BCUT2D eigenvalue weighted by molar-refractivity contribution is 5.81. The summed E-state index contributed by atoms with van der Waals surface area (Å²) in [5, 5.41) is 10.7. The van der Waals surface area contributed by atoms with Gasteiger partial charge in [-0.25, -0.2) is 0 Å². The number of aldehydes is 1. The van der Waals surface area contributed by atoms with Gasteiger partial charge >= 0.3 is 0 Å². The third-order valence-corrected chi connectivity index (χ3v) is 2.08. The van der Waals surface area contributed by atoms with Crippen LogP contribution in [0.15, 0.2) is 18.2 Å². The van der Waals surface area contributed by atoms with Crippen LogP contribution < -0.4 is 0 Å². The zero-order chi connectivity index (χ0) is 12.1. The quantitative estimate of drug-likeness (QED) is 0.330. The normalized spacial score (nSPS) is 10.4. The number of ether oxygens (including phenoxy) is 2. The van der Waals surface area contributed by atoms with E-state index in [1.807, 2.05) is 0 Å². The number of methoxy groups -OCH3 is 2. The minimum absolute atomic E-state index is 0.0275. The van der Waals surface area contributed by atoms with Crippen LogP contribution in [0.25, 0.3) is 0 Å². The van der Waals surface area contributed by atoms with Crippen LogP contribution in [-0.2, 0) is 9.47 Å². The number of carbonyl (C=O) groups excluding carboxylic acids is 1. The molecular weight excluding hydrogens is 214 g/mol. The van der Waals surface area contributed by atoms with Crippen LogP contribution in [0.3, 0.4) is 0 Å². The van der Waals surface area contributed by atoms with Gasteiger partial charge in [-0.15, -0.1) is 0 Å². The number of benzene rings is 1. The van der Waals surface area contributed by atoms with E-state index in [4.69, 9.17) is 9.47 Å². The van der Waals surface area contributed by atoms with Crippen LogP contribution >= 0.6 is 0 Å². The smallest absolute Gasteiger partial charge is 0.280 e. The van der Waals surface area contributed by atoms with Gasteiger partial charge in [-0.2, -0.15) is 0 Å². The van der Waals surface area contributed by atoms with Crippen molar-refractivity contribution in [2.45, 2.75) is 6.29 Å². The molecule has 0 aliphatic carbocycles. The fourth-order valence-corrected chi connectivity index (χ4v) is 1.33. The topological polar surface area (TPSA) is 78.7 Å². The minimum Gasteiger partial charge on any atom is -0.352 e. The van der Waals surface area contributed by atoms with Gasteiger partial charge in [0.2, 0.25) is 0 Å². The molecule has 0 aliphatic rings. The molecule has 1 rings (SSSR count). The summed E-state index contributed by atoms with van der Waals surface area (Å²) in [6.07, 6.45) is -0.240. The van der Waals surface area contributed by atoms with E-state index in [2.05, 4.69) is 0 Å². The summed E-state index contributed by atoms with van der Waals surface area (Å²) in [5.41, 5.74) is 0.258. The Morgan fingerprint density at radius 3 is 2.44 bits per heavy atom. The summed E-state index contributed by atoms with van der Waals surface area (Å²) in [6, 6.07) is 4.18. The number of nitrogens with zero attached hydrogens (tertiary/aromatic N) is 1. The molecule has 0 saturated carbocycles. The fraction of sp³-hybridized carbons (Fsp3) is 0.300. The molecular formula is C10H11NO5. The molecule has 1 aromatic rings. The van der Waals surface area contributed by atoms with Crippen molar-refractivity contribution >= 4 is 12.0 Å². The van der Waals surface area contributed by atoms with Gasteiger partial charge in [-0.05, 0) is 6.07 Å². The summed E-state index contributed by atoms with van der Waals surface area (Å²) in [7, 11) is 2.85. The molecule has 6 nitrogen and oxygen atoms in total. The lowest BCUT2D eigenvalue weighted by atomic mass is 10.1. The van der Waals surface area contributed by atoms with E-state index in [0.717, 1.165) is 0 Å². The predicted molar refractivity (Wildman–Crippen MR) is 55.2 cm³/mol. The van der Waals surface area contributed by atoms with Crippen molar-refractivity contribution in [1.29, 1.82) is 0 Å². The molecule has 0 aromatic heterocycles. The van der Waals surface area contributed by atoms with Gasteiger partial charge in [0.05, 0.1) is 10.5 Å². The van der Waals surface area contributed by atoms with Crippen molar-refractivity contribution in [3.8, 4) is 0 Å². The maximum Gasteiger partial charge on any atom is 0.280 e. The van der Waals surface area contributed by atoms with E-state index in [0.29, 0.717) is 11.8 Å². The Hall–Kier alpha value is -1.79. The van der Waals surface area contributed by atoms with Gasteiger partial charge in [0.25, 0.3) is 5.69 Å². The van der Waals surface area contributed by atoms with Crippen molar-refractivity contribution in [3.05, 3.63) is 39.4 Å². The molecule has 16 heavy (non-hydrogen) atoms. The Balaban J connectivity index is 3.20. The monoisotopic (exact) mass is 225 g/mol. The molecule has 0 amide bonds. The molecule has 0 unspecified atom stereocenters. The minimum atomic E-state index is -0.681. The van der Waals surface area contributed by atoms with Crippen LogP contribution in [0.2, 0.25) is 0 Å². The first kappa shape index (κ1) is 12.3. The summed E-state index contributed by atoms with van der Waals surface area (Å²) in [6.45, 7) is 0. The third-order valence-electron chi connectivity index (χ3n) is 2.08. The molecule has 6 heteroatoms. The first-order valence-electron chi connectivity index (χ1n) is 4.43. The van der Waals surface area contributed by atoms with Crippen LogP contribution in [0.1, 0.15) is 22.2 Å². The van der Waals surface area contributed by atoms with Gasteiger partial charge in [0, 0.05) is 25.8 Å². The maximum absolute atomic E-state index is 10.7. The number of hydrogen-bond acceptors (Lipinski definition) is 5. The SMILES string of the molecule is COC(OC)c1ccc(C=O)c([N+](=O)[O-])c1. The molecule has 0 spiro atoms. The highest BCUT2D eigenvalue weighted by atomic mass is 16.7.